The molecule has 4 heteroatoms. The van der Waals surface area contributed by atoms with Gasteiger partial charge in [0.2, 0.25) is 0 Å². The zero-order valence-corrected chi connectivity index (χ0v) is 9.10. The summed E-state index contributed by atoms with van der Waals surface area (Å²) >= 11 is 0. The number of urea groups is 1. The van der Waals surface area contributed by atoms with Crippen LogP contribution in [0.5, 0.6) is 0 Å². The molecule has 0 bridgehead atoms. The van der Waals surface area contributed by atoms with Gasteiger partial charge in [0, 0.05) is 18.1 Å². The second kappa shape index (κ2) is 4.64. The summed E-state index contributed by atoms with van der Waals surface area (Å²) in [5.41, 5.74) is 5.41. The first kappa shape index (κ1) is 11.3. The average Bonchev–Trinajstić information content (AvgIpc) is 2.52. The third kappa shape index (κ3) is 4.46. The first-order chi connectivity index (χ1) is 6.47. The Morgan fingerprint density at radius 3 is 2.50 bits per heavy atom. The number of nitrogens with one attached hydrogen (secondary N) is 2. The van der Waals surface area contributed by atoms with Gasteiger partial charge in [0.05, 0.1) is 0 Å². The number of carbonyl (C=O) groups is 1. The van der Waals surface area contributed by atoms with Gasteiger partial charge in [-0.3, -0.25) is 0 Å². The van der Waals surface area contributed by atoms with Crippen molar-refractivity contribution < 1.29 is 4.79 Å². The molecule has 0 atom stereocenters. The Hall–Kier alpha value is -0.770. The van der Waals surface area contributed by atoms with E-state index >= 15 is 0 Å². The van der Waals surface area contributed by atoms with E-state index in [4.69, 9.17) is 5.73 Å². The van der Waals surface area contributed by atoms with Crippen LogP contribution in [0.1, 0.15) is 39.5 Å². The summed E-state index contributed by atoms with van der Waals surface area (Å²) in [6.45, 7) is 4.29. The quantitative estimate of drug-likeness (QED) is 0.634. The lowest BCUT2D eigenvalue weighted by atomic mass is 10.1. The molecule has 4 nitrogen and oxygen atoms in total. The first-order valence-corrected chi connectivity index (χ1v) is 5.31. The molecule has 0 aromatic carbocycles. The molecule has 14 heavy (non-hydrogen) atoms. The maximum absolute atomic E-state index is 11.4. The Kier molecular flexibility index (Phi) is 3.75. The van der Waals surface area contributed by atoms with Gasteiger partial charge in [-0.15, -0.1) is 0 Å². The lowest BCUT2D eigenvalue weighted by molar-refractivity contribution is 0.234. The minimum atomic E-state index is -0.340. The molecule has 1 fully saturated rings. The summed E-state index contributed by atoms with van der Waals surface area (Å²) in [7, 11) is 0. The second-order valence-corrected chi connectivity index (χ2v) is 4.80. The molecular formula is C10H21N3O. The monoisotopic (exact) mass is 199 g/mol. The van der Waals surface area contributed by atoms with Crippen molar-refractivity contribution in [1.82, 2.24) is 10.6 Å². The summed E-state index contributed by atoms with van der Waals surface area (Å²) in [5, 5.41) is 5.72. The van der Waals surface area contributed by atoms with Crippen molar-refractivity contribution in [3.63, 3.8) is 0 Å². The Balaban J connectivity index is 2.15. The highest BCUT2D eigenvalue weighted by atomic mass is 16.2. The van der Waals surface area contributed by atoms with Gasteiger partial charge in [0.15, 0.2) is 0 Å². The van der Waals surface area contributed by atoms with Crippen molar-refractivity contribution in [2.75, 3.05) is 6.54 Å². The van der Waals surface area contributed by atoms with E-state index in [2.05, 4.69) is 10.6 Å². The largest absolute Gasteiger partial charge is 0.336 e. The van der Waals surface area contributed by atoms with E-state index in [1.165, 1.54) is 12.8 Å². The van der Waals surface area contributed by atoms with Crippen LogP contribution >= 0.6 is 0 Å². The van der Waals surface area contributed by atoms with Crippen molar-refractivity contribution in [3.8, 4) is 0 Å². The van der Waals surface area contributed by atoms with Crippen molar-refractivity contribution in [2.24, 2.45) is 5.73 Å². The zero-order chi connectivity index (χ0) is 10.6. The summed E-state index contributed by atoms with van der Waals surface area (Å²) in [5.74, 6) is 0. The van der Waals surface area contributed by atoms with E-state index in [0.717, 1.165) is 12.8 Å². The molecular weight excluding hydrogens is 178 g/mol. The fourth-order valence-electron chi connectivity index (χ4n) is 1.61. The smallest absolute Gasteiger partial charge is 0.315 e. The molecule has 4 N–H and O–H groups in total. The van der Waals surface area contributed by atoms with Crippen LogP contribution in [-0.4, -0.2) is 24.2 Å². The van der Waals surface area contributed by atoms with Crippen LogP contribution in [0.25, 0.3) is 0 Å². The normalized spacial score (nSPS) is 18.2. The van der Waals surface area contributed by atoms with Crippen LogP contribution < -0.4 is 16.4 Å². The van der Waals surface area contributed by atoms with Gasteiger partial charge in [0.1, 0.15) is 0 Å². The molecule has 0 aromatic rings. The van der Waals surface area contributed by atoms with E-state index in [1.807, 2.05) is 13.8 Å². The molecule has 0 aliphatic heterocycles. The van der Waals surface area contributed by atoms with Gasteiger partial charge in [-0.05, 0) is 26.7 Å². The van der Waals surface area contributed by atoms with E-state index < -0.39 is 0 Å². The van der Waals surface area contributed by atoms with Gasteiger partial charge in [-0.25, -0.2) is 4.79 Å². The van der Waals surface area contributed by atoms with Crippen LogP contribution in [0, 0.1) is 0 Å². The van der Waals surface area contributed by atoms with Crippen molar-refractivity contribution in [2.45, 2.75) is 51.1 Å². The molecule has 82 valence electrons. The molecule has 1 rings (SSSR count). The minimum Gasteiger partial charge on any atom is -0.336 e. The highest BCUT2D eigenvalue weighted by Gasteiger charge is 2.18. The molecule has 0 unspecified atom stereocenters. The molecule has 1 aliphatic rings. The maximum Gasteiger partial charge on any atom is 0.315 e. The van der Waals surface area contributed by atoms with E-state index in [0.29, 0.717) is 12.6 Å². The molecule has 1 saturated carbocycles. The topological polar surface area (TPSA) is 67.1 Å². The van der Waals surface area contributed by atoms with Gasteiger partial charge >= 0.3 is 6.03 Å². The second-order valence-electron chi connectivity index (χ2n) is 4.80. The van der Waals surface area contributed by atoms with Crippen LogP contribution in [0.15, 0.2) is 0 Å². The number of hydrogen-bond donors (Lipinski definition) is 3. The fraction of sp³-hybridized carbons (Fsp3) is 0.900. The Morgan fingerprint density at radius 2 is 2.00 bits per heavy atom. The lowest BCUT2D eigenvalue weighted by Gasteiger charge is -2.20. The molecule has 1 aliphatic carbocycles. The lowest BCUT2D eigenvalue weighted by Crippen LogP contribution is -2.49. The van der Waals surface area contributed by atoms with Gasteiger partial charge in [0.25, 0.3) is 0 Å². The third-order valence-corrected chi connectivity index (χ3v) is 2.39. The van der Waals surface area contributed by atoms with Crippen LogP contribution in [0.3, 0.4) is 0 Å². The highest BCUT2D eigenvalue weighted by Crippen LogP contribution is 2.17. The molecule has 0 radical (unpaired) electrons. The van der Waals surface area contributed by atoms with Crippen molar-refractivity contribution in [1.29, 1.82) is 0 Å². The number of nitrogens with two attached hydrogens (primary N) is 1. The van der Waals surface area contributed by atoms with Crippen LogP contribution in [-0.2, 0) is 0 Å². The summed E-state index contributed by atoms with van der Waals surface area (Å²) < 4.78 is 0. The van der Waals surface area contributed by atoms with Crippen molar-refractivity contribution >= 4 is 6.03 Å². The number of rotatable bonds is 3. The highest BCUT2D eigenvalue weighted by molar-refractivity contribution is 5.74. The molecule has 0 heterocycles. The van der Waals surface area contributed by atoms with E-state index in [-0.39, 0.29) is 11.6 Å². The van der Waals surface area contributed by atoms with E-state index in [1.54, 1.807) is 0 Å². The zero-order valence-electron chi connectivity index (χ0n) is 9.10. The van der Waals surface area contributed by atoms with Crippen molar-refractivity contribution in [3.05, 3.63) is 0 Å². The predicted octanol–water partition coefficient (Wildman–Crippen LogP) is 0.965. The van der Waals surface area contributed by atoms with Crippen LogP contribution in [0.2, 0.25) is 0 Å². The molecule has 0 saturated heterocycles. The van der Waals surface area contributed by atoms with Gasteiger partial charge in [-0.2, -0.15) is 0 Å². The Labute approximate surface area is 85.6 Å². The Bertz CT molecular complexity index is 192. The number of hydrogen-bond acceptors (Lipinski definition) is 2. The number of carbonyl (C=O) groups excluding carboxylic acids is 1. The molecule has 0 aromatic heterocycles. The third-order valence-electron chi connectivity index (χ3n) is 2.39. The first-order valence-electron chi connectivity index (χ1n) is 5.31. The summed E-state index contributed by atoms with van der Waals surface area (Å²) in [6.07, 6.45) is 4.68. The fourth-order valence-corrected chi connectivity index (χ4v) is 1.61. The Morgan fingerprint density at radius 1 is 1.43 bits per heavy atom. The van der Waals surface area contributed by atoms with Crippen LogP contribution in [0.4, 0.5) is 4.79 Å². The SMILES string of the molecule is CC(C)(N)CNC(=O)NC1CCCC1. The summed E-state index contributed by atoms with van der Waals surface area (Å²) in [6, 6.07) is 0.284. The standard InChI is InChI=1S/C10H21N3O/c1-10(2,11)7-12-9(14)13-8-5-3-4-6-8/h8H,3-7,11H2,1-2H3,(H2,12,13,14). The number of amides is 2. The maximum atomic E-state index is 11.4. The van der Waals surface area contributed by atoms with Gasteiger partial charge < -0.3 is 16.4 Å². The molecule has 2 amide bonds. The average molecular weight is 199 g/mol. The molecule has 0 spiro atoms. The van der Waals surface area contributed by atoms with E-state index in [9.17, 15) is 4.79 Å². The minimum absolute atomic E-state index is 0.0876. The summed E-state index contributed by atoms with van der Waals surface area (Å²) in [4.78, 5) is 11.4. The predicted molar refractivity (Wildman–Crippen MR) is 57.1 cm³/mol. The van der Waals surface area contributed by atoms with Gasteiger partial charge in [-0.1, -0.05) is 12.8 Å².